The molecule has 3 unspecified atom stereocenters. The molecule has 4 rings (SSSR count). The molecule has 0 aromatic heterocycles. The number of nitrogens with zero attached hydrogens (tertiary/aromatic N) is 2. The lowest BCUT2D eigenvalue weighted by Gasteiger charge is -2.38. The van der Waals surface area contributed by atoms with E-state index in [4.69, 9.17) is 22.1 Å². The van der Waals surface area contributed by atoms with Crippen LogP contribution in [0, 0.1) is 0 Å². The Bertz CT molecular complexity index is 773. The van der Waals surface area contributed by atoms with Gasteiger partial charge in [0, 0.05) is 37.4 Å². The van der Waals surface area contributed by atoms with Crippen molar-refractivity contribution >= 4 is 11.6 Å². The van der Waals surface area contributed by atoms with Crippen LogP contribution in [0.5, 0.6) is 0 Å². The molecule has 3 aliphatic rings. The minimum atomic E-state index is -0.982. The summed E-state index contributed by atoms with van der Waals surface area (Å²) in [7, 11) is 0. The van der Waals surface area contributed by atoms with E-state index in [1.807, 2.05) is 17.0 Å². The summed E-state index contributed by atoms with van der Waals surface area (Å²) in [5.41, 5.74) is 7.42. The van der Waals surface area contributed by atoms with E-state index in [2.05, 4.69) is 52.1 Å². The van der Waals surface area contributed by atoms with Gasteiger partial charge in [0.05, 0.1) is 25.0 Å². The zero-order chi connectivity index (χ0) is 24.2. The van der Waals surface area contributed by atoms with Gasteiger partial charge in [0.2, 0.25) is 0 Å². The molecule has 192 valence electrons. The van der Waals surface area contributed by atoms with Crippen molar-refractivity contribution in [1.29, 1.82) is 0 Å². The van der Waals surface area contributed by atoms with E-state index in [-0.39, 0.29) is 24.4 Å². The minimum Gasteiger partial charge on any atom is -0.387 e. The summed E-state index contributed by atoms with van der Waals surface area (Å²) in [6.07, 6.45) is -2.29. The lowest BCUT2D eigenvalue weighted by molar-refractivity contribution is -0.107. The third-order valence-electron chi connectivity index (χ3n) is 7.13. The first-order valence-corrected chi connectivity index (χ1v) is 12.6. The number of benzene rings is 1. The van der Waals surface area contributed by atoms with Gasteiger partial charge in [-0.2, -0.15) is 0 Å². The molecule has 0 radical (unpaired) electrons. The first-order valence-electron chi connectivity index (χ1n) is 12.3. The third kappa shape index (κ3) is 6.08. The van der Waals surface area contributed by atoms with Crippen molar-refractivity contribution in [2.24, 2.45) is 5.73 Å². The van der Waals surface area contributed by atoms with Crippen LogP contribution in [0.3, 0.4) is 0 Å². The van der Waals surface area contributed by atoms with Crippen LogP contribution in [0.15, 0.2) is 24.3 Å². The third-order valence-corrected chi connectivity index (χ3v) is 7.38. The Labute approximate surface area is 207 Å². The summed E-state index contributed by atoms with van der Waals surface area (Å²) in [6.45, 7) is 8.47. The molecule has 0 amide bonds. The molecule has 1 aromatic rings. The molecule has 0 saturated carbocycles. The van der Waals surface area contributed by atoms with Gasteiger partial charge < -0.3 is 26.0 Å². The summed E-state index contributed by atoms with van der Waals surface area (Å²) in [5.74, 6) is 0. The number of ether oxygens (including phenoxy) is 1. The molecule has 0 aliphatic carbocycles. The molecular formula is C23H40ClN7O3. The number of nitrogens with two attached hydrogens (primary N) is 1. The molecule has 34 heavy (non-hydrogen) atoms. The zero-order valence-electron chi connectivity index (χ0n) is 20.0. The predicted molar refractivity (Wildman–Crippen MR) is 132 cm³/mol. The number of hydrogen-bond donors (Lipinski definition) is 7. The van der Waals surface area contributed by atoms with Crippen LogP contribution in [0.4, 0.5) is 0 Å². The highest BCUT2D eigenvalue weighted by Gasteiger charge is 2.51. The number of nitrogens with one attached hydrogen (secondary N) is 4. The fourth-order valence-corrected chi connectivity index (χ4v) is 5.15. The largest absolute Gasteiger partial charge is 0.387 e. The number of rotatable bonds is 10. The summed E-state index contributed by atoms with van der Waals surface area (Å²) < 4.78 is 6.24. The Morgan fingerprint density at radius 2 is 1.94 bits per heavy atom. The van der Waals surface area contributed by atoms with E-state index in [9.17, 15) is 10.2 Å². The highest BCUT2D eigenvalue weighted by Crippen LogP contribution is 2.29. The highest BCUT2D eigenvalue weighted by atomic mass is 35.5. The van der Waals surface area contributed by atoms with Gasteiger partial charge in [-0.05, 0) is 44.5 Å². The Hall–Kier alpha value is -0.890. The van der Waals surface area contributed by atoms with Crippen LogP contribution in [-0.2, 0) is 11.2 Å². The first-order chi connectivity index (χ1) is 16.3. The van der Waals surface area contributed by atoms with Crippen molar-refractivity contribution in [2.75, 3.05) is 39.5 Å². The highest BCUT2D eigenvalue weighted by molar-refractivity contribution is 6.30. The molecule has 11 heteroatoms. The molecule has 10 nitrogen and oxygen atoms in total. The van der Waals surface area contributed by atoms with Crippen LogP contribution in [0.25, 0.3) is 0 Å². The molecule has 3 fully saturated rings. The van der Waals surface area contributed by atoms with Crippen molar-refractivity contribution < 1.29 is 14.9 Å². The van der Waals surface area contributed by atoms with E-state index >= 15 is 0 Å². The second-order valence-corrected chi connectivity index (χ2v) is 10.2. The van der Waals surface area contributed by atoms with Crippen LogP contribution < -0.4 is 27.0 Å². The molecular weight excluding hydrogens is 458 g/mol. The van der Waals surface area contributed by atoms with Gasteiger partial charge >= 0.3 is 0 Å². The van der Waals surface area contributed by atoms with Gasteiger partial charge in [0.1, 0.15) is 24.5 Å². The predicted octanol–water partition coefficient (Wildman–Crippen LogP) is -1.38. The lowest BCUT2D eigenvalue weighted by atomic mass is 10.1. The SMILES string of the molecule is CC(C)N(CCNCCc1ccc(Cl)cc1)C[C@H]1O[C@@H](N2CNC3C(N)NCNC32)[C@H](O)[C@@H]1O. The maximum absolute atomic E-state index is 10.8. The van der Waals surface area contributed by atoms with Crippen molar-refractivity contribution in [3.05, 3.63) is 34.9 Å². The van der Waals surface area contributed by atoms with E-state index in [0.717, 1.165) is 31.1 Å². The van der Waals surface area contributed by atoms with Crippen LogP contribution in [0.1, 0.15) is 19.4 Å². The van der Waals surface area contributed by atoms with Crippen LogP contribution in [-0.4, -0.2) is 108 Å². The summed E-state index contributed by atoms with van der Waals surface area (Å²) in [4.78, 5) is 4.30. The van der Waals surface area contributed by atoms with Crippen molar-refractivity contribution in [3.8, 4) is 0 Å². The molecule has 0 bridgehead atoms. The number of hydrogen-bond acceptors (Lipinski definition) is 10. The smallest absolute Gasteiger partial charge is 0.142 e. The maximum atomic E-state index is 10.8. The fourth-order valence-electron chi connectivity index (χ4n) is 5.03. The Morgan fingerprint density at radius 3 is 2.68 bits per heavy atom. The molecule has 1 aromatic carbocycles. The van der Waals surface area contributed by atoms with Crippen molar-refractivity contribution in [3.63, 3.8) is 0 Å². The summed E-state index contributed by atoms with van der Waals surface area (Å²) >= 11 is 5.95. The van der Waals surface area contributed by atoms with Gasteiger partial charge in [-0.15, -0.1) is 0 Å². The minimum absolute atomic E-state index is 0.00634. The molecule has 8 N–H and O–H groups in total. The topological polar surface area (TPSA) is 130 Å². The standard InChI is InChI=1S/C23H40ClN7O3/c1-14(2)30(10-9-26-8-7-15-3-5-16(24)6-4-15)11-17-19(32)20(33)23(34-17)31-13-29-18-21(25)27-12-28-22(18)31/h3-6,14,17-23,26-29,32-33H,7-13,25H2,1-2H3/t17-,18?,19-,20-,21?,22?,23-/m1/s1. The van der Waals surface area contributed by atoms with Gasteiger partial charge in [-0.1, -0.05) is 23.7 Å². The molecule has 0 spiro atoms. The van der Waals surface area contributed by atoms with Gasteiger partial charge in [0.15, 0.2) is 0 Å². The van der Waals surface area contributed by atoms with E-state index < -0.39 is 24.5 Å². The molecule has 3 saturated heterocycles. The second kappa shape index (κ2) is 11.9. The zero-order valence-corrected chi connectivity index (χ0v) is 20.8. The number of halogens is 1. The van der Waals surface area contributed by atoms with Crippen LogP contribution >= 0.6 is 11.6 Å². The number of aliphatic hydroxyl groups excluding tert-OH is 2. The Morgan fingerprint density at radius 1 is 1.18 bits per heavy atom. The summed E-state index contributed by atoms with van der Waals surface area (Å²) in [5, 5.41) is 35.8. The summed E-state index contributed by atoms with van der Waals surface area (Å²) in [6, 6.07) is 8.23. The van der Waals surface area contributed by atoms with Gasteiger partial charge in [-0.3, -0.25) is 20.9 Å². The van der Waals surface area contributed by atoms with E-state index in [0.29, 0.717) is 19.9 Å². The quantitative estimate of drug-likeness (QED) is 0.194. The normalized spacial score (nSPS) is 34.3. The first kappa shape index (κ1) is 26.2. The van der Waals surface area contributed by atoms with Crippen LogP contribution in [0.2, 0.25) is 5.02 Å². The molecule has 3 heterocycles. The van der Waals surface area contributed by atoms with Gasteiger partial charge in [-0.25, -0.2) is 4.90 Å². The number of fused-ring (bicyclic) bond motifs is 1. The van der Waals surface area contributed by atoms with Crippen molar-refractivity contribution in [2.45, 2.75) is 69.2 Å². The van der Waals surface area contributed by atoms with E-state index in [1.165, 1.54) is 5.56 Å². The Kier molecular flexibility index (Phi) is 9.16. The monoisotopic (exact) mass is 497 g/mol. The molecule has 3 aliphatic heterocycles. The fraction of sp³-hybridized carbons (Fsp3) is 0.739. The van der Waals surface area contributed by atoms with Gasteiger partial charge in [0.25, 0.3) is 0 Å². The Balaban J connectivity index is 1.25. The average Bonchev–Trinajstić information content (AvgIpc) is 3.36. The number of aliphatic hydroxyl groups is 2. The van der Waals surface area contributed by atoms with Crippen molar-refractivity contribution in [1.82, 2.24) is 31.1 Å². The maximum Gasteiger partial charge on any atom is 0.142 e. The lowest BCUT2D eigenvalue weighted by Crippen LogP contribution is -2.68. The average molecular weight is 498 g/mol. The second-order valence-electron chi connectivity index (χ2n) is 9.72. The molecule has 7 atom stereocenters. The van der Waals surface area contributed by atoms with E-state index in [1.54, 1.807) is 0 Å².